The van der Waals surface area contributed by atoms with Gasteiger partial charge in [-0.05, 0) is 18.1 Å². The van der Waals surface area contributed by atoms with Gasteiger partial charge < -0.3 is 5.11 Å². The normalized spacial score (nSPS) is 22.9. The Labute approximate surface area is 92.7 Å². The van der Waals surface area contributed by atoms with Crippen molar-refractivity contribution < 1.29 is 5.11 Å². The lowest BCUT2D eigenvalue weighted by molar-refractivity contribution is 0.174. The van der Waals surface area contributed by atoms with E-state index in [1.807, 2.05) is 12.1 Å². The third-order valence-electron chi connectivity index (χ3n) is 2.60. The average Bonchev–Trinajstić information content (AvgIpc) is 2.56. The summed E-state index contributed by atoms with van der Waals surface area (Å²) in [6, 6.07) is 8.25. The van der Waals surface area contributed by atoms with Crippen molar-refractivity contribution in [1.29, 1.82) is 0 Å². The summed E-state index contributed by atoms with van der Waals surface area (Å²) in [4.78, 5) is 2.28. The molecule has 1 aromatic carbocycles. The molecule has 76 valence electrons. The molecule has 1 fully saturated rings. The van der Waals surface area contributed by atoms with Crippen molar-refractivity contribution in [2.75, 3.05) is 13.1 Å². The van der Waals surface area contributed by atoms with Crippen LogP contribution in [0, 0.1) is 0 Å². The van der Waals surface area contributed by atoms with Gasteiger partial charge in [-0.1, -0.05) is 34.1 Å². The van der Waals surface area contributed by atoms with Crippen LogP contribution < -0.4 is 0 Å². The number of hydrogen-bond donors (Lipinski definition) is 1. The molecule has 1 heterocycles. The largest absolute Gasteiger partial charge is 0.392 e. The fourth-order valence-electron chi connectivity index (χ4n) is 1.82. The van der Waals surface area contributed by atoms with Crippen molar-refractivity contribution in [2.24, 2.45) is 0 Å². The molecule has 0 unspecified atom stereocenters. The fraction of sp³-hybridized carbons (Fsp3) is 0.455. The molecule has 0 bridgehead atoms. The van der Waals surface area contributed by atoms with Gasteiger partial charge >= 0.3 is 0 Å². The fourth-order valence-corrected chi connectivity index (χ4v) is 2.23. The maximum absolute atomic E-state index is 9.39. The number of nitrogens with zero attached hydrogens (tertiary/aromatic N) is 1. The van der Waals surface area contributed by atoms with Crippen LogP contribution in [0.15, 0.2) is 28.7 Å². The van der Waals surface area contributed by atoms with Crippen molar-refractivity contribution in [3.05, 3.63) is 34.3 Å². The highest BCUT2D eigenvalue weighted by molar-refractivity contribution is 9.10. The van der Waals surface area contributed by atoms with Gasteiger partial charge in [0.15, 0.2) is 0 Å². The van der Waals surface area contributed by atoms with E-state index in [-0.39, 0.29) is 6.10 Å². The number of benzene rings is 1. The van der Waals surface area contributed by atoms with Crippen LogP contribution in [0.4, 0.5) is 0 Å². The van der Waals surface area contributed by atoms with E-state index in [1.54, 1.807) is 0 Å². The summed E-state index contributed by atoms with van der Waals surface area (Å²) in [5.74, 6) is 0. The van der Waals surface area contributed by atoms with Gasteiger partial charge in [0.05, 0.1) is 6.10 Å². The Morgan fingerprint density at radius 3 is 2.86 bits per heavy atom. The molecule has 0 aliphatic carbocycles. The Hall–Kier alpha value is -0.380. The summed E-state index contributed by atoms with van der Waals surface area (Å²) in [6.07, 6.45) is 0.780. The standard InChI is InChI=1S/C11H14BrNO/c12-11-4-2-1-3-9(11)7-13-6-5-10(14)8-13/h1-4,10,14H,5-8H2/t10-/m0/s1. The van der Waals surface area contributed by atoms with Gasteiger partial charge in [-0.3, -0.25) is 4.90 Å². The van der Waals surface area contributed by atoms with Gasteiger partial charge in [0, 0.05) is 24.1 Å². The zero-order valence-corrected chi connectivity index (χ0v) is 9.57. The van der Waals surface area contributed by atoms with Crippen molar-refractivity contribution >= 4 is 15.9 Å². The van der Waals surface area contributed by atoms with Gasteiger partial charge in [-0.15, -0.1) is 0 Å². The second kappa shape index (κ2) is 4.43. The molecule has 1 aliphatic heterocycles. The topological polar surface area (TPSA) is 23.5 Å². The second-order valence-electron chi connectivity index (χ2n) is 3.77. The van der Waals surface area contributed by atoms with Crippen molar-refractivity contribution in [3.63, 3.8) is 0 Å². The summed E-state index contributed by atoms with van der Waals surface area (Å²) in [5, 5.41) is 9.39. The van der Waals surface area contributed by atoms with E-state index in [0.717, 1.165) is 30.5 Å². The number of aliphatic hydroxyl groups excluding tert-OH is 1. The monoisotopic (exact) mass is 255 g/mol. The number of hydrogen-bond acceptors (Lipinski definition) is 2. The lowest BCUT2D eigenvalue weighted by Crippen LogP contribution is -2.21. The smallest absolute Gasteiger partial charge is 0.0679 e. The minimum atomic E-state index is -0.127. The van der Waals surface area contributed by atoms with Crippen molar-refractivity contribution in [1.82, 2.24) is 4.90 Å². The molecule has 1 aliphatic rings. The predicted octanol–water partition coefficient (Wildman–Crippen LogP) is 2.02. The number of rotatable bonds is 2. The van der Waals surface area contributed by atoms with Crippen LogP contribution in [-0.2, 0) is 6.54 Å². The summed E-state index contributed by atoms with van der Waals surface area (Å²) in [7, 11) is 0. The quantitative estimate of drug-likeness (QED) is 0.875. The first-order valence-electron chi connectivity index (χ1n) is 4.89. The van der Waals surface area contributed by atoms with Gasteiger partial charge in [0.1, 0.15) is 0 Å². The van der Waals surface area contributed by atoms with E-state index in [0.29, 0.717) is 0 Å². The highest BCUT2D eigenvalue weighted by atomic mass is 79.9. The first-order chi connectivity index (χ1) is 6.75. The number of aliphatic hydroxyl groups is 1. The zero-order chi connectivity index (χ0) is 9.97. The lowest BCUT2D eigenvalue weighted by Gasteiger charge is -2.15. The first-order valence-corrected chi connectivity index (χ1v) is 5.69. The van der Waals surface area contributed by atoms with Crippen molar-refractivity contribution in [2.45, 2.75) is 19.1 Å². The minimum absolute atomic E-state index is 0.127. The molecule has 0 spiro atoms. The van der Waals surface area contributed by atoms with E-state index < -0.39 is 0 Å². The molecule has 0 aromatic heterocycles. The molecular formula is C11H14BrNO. The highest BCUT2D eigenvalue weighted by Crippen LogP contribution is 2.20. The van der Waals surface area contributed by atoms with E-state index >= 15 is 0 Å². The van der Waals surface area contributed by atoms with Gasteiger partial charge in [0.25, 0.3) is 0 Å². The maximum Gasteiger partial charge on any atom is 0.0679 e. The molecule has 0 radical (unpaired) electrons. The van der Waals surface area contributed by atoms with Gasteiger partial charge in [-0.25, -0.2) is 0 Å². The van der Waals surface area contributed by atoms with Crippen molar-refractivity contribution in [3.8, 4) is 0 Å². The molecule has 0 saturated carbocycles. The summed E-state index contributed by atoms with van der Waals surface area (Å²) >= 11 is 3.53. The SMILES string of the molecule is O[C@H]1CCN(Cc2ccccc2Br)C1. The molecule has 1 saturated heterocycles. The third-order valence-corrected chi connectivity index (χ3v) is 3.37. The first kappa shape index (κ1) is 10.1. The van der Waals surface area contributed by atoms with Crippen LogP contribution in [0.3, 0.4) is 0 Å². The molecule has 0 amide bonds. The van der Waals surface area contributed by atoms with Crippen LogP contribution in [-0.4, -0.2) is 29.2 Å². The van der Waals surface area contributed by atoms with Crippen LogP contribution in [0.5, 0.6) is 0 Å². The minimum Gasteiger partial charge on any atom is -0.392 e. The summed E-state index contributed by atoms with van der Waals surface area (Å²) in [5.41, 5.74) is 1.29. The predicted molar refractivity (Wildman–Crippen MR) is 60.0 cm³/mol. The molecule has 2 nitrogen and oxygen atoms in total. The number of β-amino-alcohol motifs (C(OH)–C–C–N with tert-alkyl or cyclic N) is 1. The van der Waals surface area contributed by atoms with E-state index in [2.05, 4.69) is 33.0 Å². The third kappa shape index (κ3) is 2.35. The zero-order valence-electron chi connectivity index (χ0n) is 7.99. The summed E-state index contributed by atoms with van der Waals surface area (Å²) in [6.45, 7) is 2.74. The van der Waals surface area contributed by atoms with E-state index in [4.69, 9.17) is 0 Å². The number of halogens is 1. The lowest BCUT2D eigenvalue weighted by atomic mass is 10.2. The van der Waals surface area contributed by atoms with Crippen LogP contribution in [0.2, 0.25) is 0 Å². The molecule has 3 heteroatoms. The molecule has 1 atom stereocenters. The van der Waals surface area contributed by atoms with Crippen LogP contribution in [0.25, 0.3) is 0 Å². The molecule has 1 N–H and O–H groups in total. The average molecular weight is 256 g/mol. The van der Waals surface area contributed by atoms with Crippen LogP contribution in [0.1, 0.15) is 12.0 Å². The van der Waals surface area contributed by atoms with Gasteiger partial charge in [-0.2, -0.15) is 0 Å². The Morgan fingerprint density at radius 2 is 2.21 bits per heavy atom. The molecule has 2 rings (SSSR count). The Bertz CT molecular complexity index is 316. The molecular weight excluding hydrogens is 242 g/mol. The Balaban J connectivity index is 2.01. The maximum atomic E-state index is 9.39. The highest BCUT2D eigenvalue weighted by Gasteiger charge is 2.20. The summed E-state index contributed by atoms with van der Waals surface area (Å²) < 4.78 is 1.15. The Kier molecular flexibility index (Phi) is 3.21. The van der Waals surface area contributed by atoms with E-state index in [1.165, 1.54) is 5.56 Å². The van der Waals surface area contributed by atoms with Gasteiger partial charge in [0.2, 0.25) is 0 Å². The number of likely N-dealkylation sites (tertiary alicyclic amines) is 1. The molecule has 14 heavy (non-hydrogen) atoms. The van der Waals surface area contributed by atoms with E-state index in [9.17, 15) is 5.11 Å². The second-order valence-corrected chi connectivity index (χ2v) is 4.62. The Morgan fingerprint density at radius 1 is 1.43 bits per heavy atom. The van der Waals surface area contributed by atoms with Crippen LogP contribution >= 0.6 is 15.9 Å². The molecule has 1 aromatic rings.